The third kappa shape index (κ3) is 3.37. The third-order valence-electron chi connectivity index (χ3n) is 5.65. The number of amides is 2. The molecule has 2 heterocycles. The standard InChI is InChI=1S/C20H26ClN3O4/c1-11(2)7-15(22-3)17(25)24-10-20(9-16(24)18(26)28-4)13-8-12(21)5-6-14(13)23-19(20)27/h5-6,8,11,15-16,22H,7,9-10H2,1-4H3,(H,23,27)/t15-,16-,20-/m0/s1. The van der Waals surface area contributed by atoms with Crippen LogP contribution in [-0.4, -0.2) is 55.5 Å². The van der Waals surface area contributed by atoms with E-state index in [9.17, 15) is 14.4 Å². The Balaban J connectivity index is 2.01. The summed E-state index contributed by atoms with van der Waals surface area (Å²) in [5.41, 5.74) is 0.379. The summed E-state index contributed by atoms with van der Waals surface area (Å²) in [6.07, 6.45) is 0.796. The van der Waals surface area contributed by atoms with Crippen molar-refractivity contribution in [3.05, 3.63) is 28.8 Å². The summed E-state index contributed by atoms with van der Waals surface area (Å²) >= 11 is 6.17. The zero-order valence-electron chi connectivity index (χ0n) is 16.5. The lowest BCUT2D eigenvalue weighted by molar-refractivity contribution is -0.151. The van der Waals surface area contributed by atoms with E-state index < -0.39 is 23.5 Å². The minimum atomic E-state index is -1.01. The van der Waals surface area contributed by atoms with Crippen LogP contribution in [0, 0.1) is 5.92 Å². The van der Waals surface area contributed by atoms with Gasteiger partial charge in [0.2, 0.25) is 11.8 Å². The first kappa shape index (κ1) is 20.6. The van der Waals surface area contributed by atoms with Crippen molar-refractivity contribution in [3.63, 3.8) is 0 Å². The maximum Gasteiger partial charge on any atom is 0.328 e. The van der Waals surface area contributed by atoms with E-state index >= 15 is 0 Å². The molecule has 0 saturated carbocycles. The minimum Gasteiger partial charge on any atom is -0.467 e. The molecule has 1 fully saturated rings. The van der Waals surface area contributed by atoms with E-state index in [1.54, 1.807) is 25.2 Å². The number of nitrogens with one attached hydrogen (secondary N) is 2. The zero-order valence-corrected chi connectivity index (χ0v) is 17.3. The van der Waals surface area contributed by atoms with Gasteiger partial charge in [-0.1, -0.05) is 25.4 Å². The van der Waals surface area contributed by atoms with Crippen molar-refractivity contribution in [1.82, 2.24) is 10.2 Å². The molecule has 0 aromatic heterocycles. The smallest absolute Gasteiger partial charge is 0.328 e. The number of rotatable bonds is 5. The van der Waals surface area contributed by atoms with Crippen LogP contribution in [0.3, 0.4) is 0 Å². The van der Waals surface area contributed by atoms with Crippen molar-refractivity contribution in [1.29, 1.82) is 0 Å². The molecular formula is C20H26ClN3O4. The second-order valence-electron chi connectivity index (χ2n) is 7.91. The van der Waals surface area contributed by atoms with Gasteiger partial charge in [0.15, 0.2) is 0 Å². The molecule has 7 nitrogen and oxygen atoms in total. The molecule has 8 heteroatoms. The summed E-state index contributed by atoms with van der Waals surface area (Å²) < 4.78 is 4.95. The first-order valence-electron chi connectivity index (χ1n) is 9.40. The van der Waals surface area contributed by atoms with Crippen LogP contribution in [0.5, 0.6) is 0 Å². The number of esters is 1. The van der Waals surface area contributed by atoms with Gasteiger partial charge in [0.25, 0.3) is 0 Å². The number of carbonyl (C=O) groups is 3. The molecule has 1 spiro atoms. The first-order chi connectivity index (χ1) is 13.2. The molecule has 0 radical (unpaired) electrons. The normalized spacial score (nSPS) is 24.4. The van der Waals surface area contributed by atoms with Gasteiger partial charge in [-0.15, -0.1) is 0 Å². The quantitative estimate of drug-likeness (QED) is 0.728. The lowest BCUT2D eigenvalue weighted by atomic mass is 9.79. The fourth-order valence-electron chi connectivity index (χ4n) is 4.24. The topological polar surface area (TPSA) is 87.7 Å². The molecule has 2 N–H and O–H groups in total. The van der Waals surface area contributed by atoms with Crippen molar-refractivity contribution in [2.45, 2.75) is 44.2 Å². The van der Waals surface area contributed by atoms with Gasteiger partial charge in [0.05, 0.1) is 18.6 Å². The Labute approximate surface area is 169 Å². The lowest BCUT2D eigenvalue weighted by Crippen LogP contribution is -2.50. The van der Waals surface area contributed by atoms with Crippen molar-refractivity contribution in [3.8, 4) is 0 Å². The van der Waals surface area contributed by atoms with Gasteiger partial charge >= 0.3 is 5.97 Å². The van der Waals surface area contributed by atoms with Gasteiger partial charge in [-0.25, -0.2) is 4.79 Å². The van der Waals surface area contributed by atoms with Crippen LogP contribution in [0.2, 0.25) is 5.02 Å². The van der Waals surface area contributed by atoms with Crippen LogP contribution in [-0.2, 0) is 24.5 Å². The van der Waals surface area contributed by atoms with Crippen molar-refractivity contribution in [2.75, 3.05) is 26.0 Å². The largest absolute Gasteiger partial charge is 0.467 e. The van der Waals surface area contributed by atoms with E-state index in [4.69, 9.17) is 16.3 Å². The van der Waals surface area contributed by atoms with E-state index in [-0.39, 0.29) is 24.8 Å². The van der Waals surface area contributed by atoms with Crippen LogP contribution in [0.4, 0.5) is 5.69 Å². The summed E-state index contributed by atoms with van der Waals surface area (Å²) in [5, 5.41) is 6.41. The Bertz CT molecular complexity index is 813. The Kier molecular flexibility index (Phi) is 5.68. The number of likely N-dealkylation sites (N-methyl/N-ethyl adjacent to an activating group) is 1. The molecule has 1 aromatic rings. The van der Waals surface area contributed by atoms with Gasteiger partial charge in [-0.05, 0) is 49.6 Å². The number of methoxy groups -OCH3 is 1. The van der Waals surface area contributed by atoms with Gasteiger partial charge in [0, 0.05) is 17.3 Å². The number of ether oxygens (including phenoxy) is 1. The van der Waals surface area contributed by atoms with Gasteiger partial charge < -0.3 is 20.3 Å². The Morgan fingerprint density at radius 3 is 2.75 bits per heavy atom. The molecule has 2 aliphatic rings. The van der Waals surface area contributed by atoms with Crippen LogP contribution in [0.1, 0.15) is 32.3 Å². The number of nitrogens with zero attached hydrogens (tertiary/aromatic N) is 1. The second-order valence-corrected chi connectivity index (χ2v) is 8.34. The molecule has 3 atom stereocenters. The average molecular weight is 408 g/mol. The summed E-state index contributed by atoms with van der Waals surface area (Å²) in [7, 11) is 3.01. The fraction of sp³-hybridized carbons (Fsp3) is 0.550. The van der Waals surface area contributed by atoms with E-state index in [0.717, 1.165) is 5.56 Å². The molecule has 2 amide bonds. The molecule has 1 aromatic carbocycles. The van der Waals surface area contributed by atoms with Crippen LogP contribution < -0.4 is 10.6 Å². The maximum absolute atomic E-state index is 13.3. The van der Waals surface area contributed by atoms with Crippen LogP contribution >= 0.6 is 11.6 Å². The summed E-state index contributed by atoms with van der Waals surface area (Å²) in [4.78, 5) is 40.2. The zero-order chi connectivity index (χ0) is 20.6. The highest BCUT2D eigenvalue weighted by atomic mass is 35.5. The number of halogens is 1. The molecule has 152 valence electrons. The summed E-state index contributed by atoms with van der Waals surface area (Å²) in [6, 6.07) is 3.93. The Morgan fingerprint density at radius 1 is 1.43 bits per heavy atom. The molecule has 28 heavy (non-hydrogen) atoms. The predicted molar refractivity (Wildman–Crippen MR) is 106 cm³/mol. The highest BCUT2D eigenvalue weighted by molar-refractivity contribution is 6.31. The van der Waals surface area contributed by atoms with Gasteiger partial charge in [-0.2, -0.15) is 0 Å². The van der Waals surface area contributed by atoms with E-state index in [1.807, 2.05) is 13.8 Å². The number of benzene rings is 1. The minimum absolute atomic E-state index is 0.112. The monoisotopic (exact) mass is 407 g/mol. The molecule has 1 saturated heterocycles. The Morgan fingerprint density at radius 2 is 2.14 bits per heavy atom. The number of likely N-dealkylation sites (tertiary alicyclic amines) is 1. The molecule has 0 unspecified atom stereocenters. The van der Waals surface area contributed by atoms with Crippen molar-refractivity contribution < 1.29 is 19.1 Å². The summed E-state index contributed by atoms with van der Waals surface area (Å²) in [5.74, 6) is -0.651. The lowest BCUT2D eigenvalue weighted by Gasteiger charge is -2.28. The van der Waals surface area contributed by atoms with E-state index in [0.29, 0.717) is 23.0 Å². The maximum atomic E-state index is 13.3. The van der Waals surface area contributed by atoms with Crippen LogP contribution in [0.25, 0.3) is 0 Å². The number of hydrogen-bond donors (Lipinski definition) is 2. The number of hydrogen-bond acceptors (Lipinski definition) is 5. The third-order valence-corrected chi connectivity index (χ3v) is 5.88. The molecule has 3 rings (SSSR count). The van der Waals surface area contributed by atoms with Crippen LogP contribution in [0.15, 0.2) is 18.2 Å². The summed E-state index contributed by atoms with van der Waals surface area (Å²) in [6.45, 7) is 4.17. The first-order valence-corrected chi connectivity index (χ1v) is 9.78. The molecule has 0 aliphatic carbocycles. The molecule has 0 bridgehead atoms. The van der Waals surface area contributed by atoms with Gasteiger partial charge in [0.1, 0.15) is 6.04 Å². The van der Waals surface area contributed by atoms with Crippen molar-refractivity contribution in [2.24, 2.45) is 5.92 Å². The van der Waals surface area contributed by atoms with E-state index in [2.05, 4.69) is 10.6 Å². The second kappa shape index (κ2) is 7.72. The predicted octanol–water partition coefficient (Wildman–Crippen LogP) is 1.94. The molecule has 2 aliphatic heterocycles. The molecular weight excluding hydrogens is 382 g/mol. The number of anilines is 1. The Hall–Kier alpha value is -2.12. The SMILES string of the molecule is CN[C@@H](CC(C)C)C(=O)N1C[C@]2(C[C@H]1C(=O)OC)C(=O)Nc1ccc(Cl)cc12. The van der Waals surface area contributed by atoms with Crippen molar-refractivity contribution >= 4 is 35.1 Å². The number of carbonyl (C=O) groups excluding carboxylic acids is 3. The van der Waals surface area contributed by atoms with E-state index in [1.165, 1.54) is 12.0 Å². The fourth-order valence-corrected chi connectivity index (χ4v) is 4.42. The number of fused-ring (bicyclic) bond motifs is 2. The highest BCUT2D eigenvalue weighted by Crippen LogP contribution is 2.47. The average Bonchev–Trinajstić information content (AvgIpc) is 3.18. The highest BCUT2D eigenvalue weighted by Gasteiger charge is 2.58. The van der Waals surface area contributed by atoms with Gasteiger partial charge in [-0.3, -0.25) is 9.59 Å².